The maximum absolute atomic E-state index is 5.79. The van der Waals surface area contributed by atoms with Gasteiger partial charge < -0.3 is 24.5 Å². The van der Waals surface area contributed by atoms with Crippen LogP contribution in [0.15, 0.2) is 48.7 Å². The molecule has 0 bridgehead atoms. The highest BCUT2D eigenvalue weighted by atomic mass is 16.5. The zero-order chi connectivity index (χ0) is 19.0. The first kappa shape index (κ1) is 17.2. The van der Waals surface area contributed by atoms with E-state index in [0.29, 0.717) is 23.8 Å². The van der Waals surface area contributed by atoms with E-state index in [2.05, 4.69) is 21.7 Å². The fraction of sp³-hybridized carbons (Fsp3) is 0.190. The summed E-state index contributed by atoms with van der Waals surface area (Å²) in [6.07, 6.45) is 1.86. The van der Waals surface area contributed by atoms with Gasteiger partial charge in [-0.3, -0.25) is 4.98 Å². The van der Waals surface area contributed by atoms with Crippen molar-refractivity contribution in [1.82, 2.24) is 9.55 Å². The molecule has 27 heavy (non-hydrogen) atoms. The molecule has 6 heteroatoms. The Morgan fingerprint density at radius 2 is 1.59 bits per heavy atom. The molecule has 0 atom stereocenters. The zero-order valence-corrected chi connectivity index (χ0v) is 15.5. The van der Waals surface area contributed by atoms with Gasteiger partial charge in [0.1, 0.15) is 0 Å². The fourth-order valence-corrected chi connectivity index (χ4v) is 3.50. The van der Waals surface area contributed by atoms with Gasteiger partial charge in [-0.15, -0.1) is 0 Å². The molecule has 0 spiro atoms. The summed E-state index contributed by atoms with van der Waals surface area (Å²) in [5.74, 6) is 1.77. The van der Waals surface area contributed by atoms with Gasteiger partial charge in [0, 0.05) is 29.4 Å². The molecule has 138 valence electrons. The number of para-hydroxylation sites is 1. The average Bonchev–Trinajstić information content (AvgIpc) is 3.06. The van der Waals surface area contributed by atoms with E-state index in [4.69, 9.17) is 19.9 Å². The quantitative estimate of drug-likeness (QED) is 0.586. The Hall–Kier alpha value is -3.25. The highest BCUT2D eigenvalue weighted by Gasteiger charge is 2.18. The van der Waals surface area contributed by atoms with Crippen molar-refractivity contribution < 1.29 is 14.2 Å². The topological polar surface area (TPSA) is 71.5 Å². The normalized spacial score (nSPS) is 11.1. The Bertz CT molecular complexity index is 1110. The number of aromatic nitrogens is 2. The second kappa shape index (κ2) is 6.81. The molecule has 4 aromatic rings. The SMILES string of the molecule is COc1cc(-n2c3ccccc3c3cc(CN)ncc32)cc(OC)c1OC. The largest absolute Gasteiger partial charge is 0.493 e. The first-order valence-electron chi connectivity index (χ1n) is 8.60. The minimum absolute atomic E-state index is 0.402. The maximum Gasteiger partial charge on any atom is 0.203 e. The molecule has 2 heterocycles. The third kappa shape index (κ3) is 2.65. The van der Waals surface area contributed by atoms with Crippen LogP contribution in [0.2, 0.25) is 0 Å². The maximum atomic E-state index is 5.79. The van der Waals surface area contributed by atoms with E-state index < -0.39 is 0 Å². The molecule has 0 aliphatic rings. The van der Waals surface area contributed by atoms with Crippen molar-refractivity contribution in [3.63, 3.8) is 0 Å². The van der Waals surface area contributed by atoms with Crippen LogP contribution in [0.4, 0.5) is 0 Å². The van der Waals surface area contributed by atoms with Crippen LogP contribution in [0, 0.1) is 0 Å². The van der Waals surface area contributed by atoms with Crippen LogP contribution in [0.25, 0.3) is 27.5 Å². The number of methoxy groups -OCH3 is 3. The Balaban J connectivity index is 2.09. The van der Waals surface area contributed by atoms with Crippen LogP contribution in [0.3, 0.4) is 0 Å². The van der Waals surface area contributed by atoms with Crippen molar-refractivity contribution in [3.05, 3.63) is 54.4 Å². The van der Waals surface area contributed by atoms with E-state index in [1.165, 1.54) is 0 Å². The minimum Gasteiger partial charge on any atom is -0.493 e. The Morgan fingerprint density at radius 1 is 0.889 bits per heavy atom. The first-order chi connectivity index (χ1) is 13.2. The van der Waals surface area contributed by atoms with Crippen molar-refractivity contribution in [3.8, 4) is 22.9 Å². The van der Waals surface area contributed by atoms with Gasteiger partial charge in [-0.2, -0.15) is 0 Å². The zero-order valence-electron chi connectivity index (χ0n) is 15.5. The lowest BCUT2D eigenvalue weighted by Crippen LogP contribution is -2.01. The molecular weight excluding hydrogens is 342 g/mol. The van der Waals surface area contributed by atoms with Gasteiger partial charge in [0.15, 0.2) is 11.5 Å². The number of rotatable bonds is 5. The molecule has 0 fully saturated rings. The van der Waals surface area contributed by atoms with Gasteiger partial charge in [-0.1, -0.05) is 18.2 Å². The molecule has 0 aliphatic heterocycles. The van der Waals surface area contributed by atoms with Crippen LogP contribution < -0.4 is 19.9 Å². The summed E-state index contributed by atoms with van der Waals surface area (Å²) >= 11 is 0. The summed E-state index contributed by atoms with van der Waals surface area (Å²) in [6.45, 7) is 0.402. The highest BCUT2D eigenvalue weighted by molar-refractivity contribution is 6.09. The predicted molar refractivity (Wildman–Crippen MR) is 106 cm³/mol. The van der Waals surface area contributed by atoms with Gasteiger partial charge in [0.2, 0.25) is 5.75 Å². The summed E-state index contributed by atoms with van der Waals surface area (Å²) < 4.78 is 18.6. The number of benzene rings is 2. The van der Waals surface area contributed by atoms with Crippen LogP contribution in [0.1, 0.15) is 5.69 Å². The Kier molecular flexibility index (Phi) is 4.33. The smallest absolute Gasteiger partial charge is 0.203 e. The lowest BCUT2D eigenvalue weighted by atomic mass is 10.1. The summed E-state index contributed by atoms with van der Waals surface area (Å²) in [4.78, 5) is 4.49. The molecule has 0 aliphatic carbocycles. The second-order valence-corrected chi connectivity index (χ2v) is 6.13. The number of hydrogen-bond acceptors (Lipinski definition) is 5. The van der Waals surface area contributed by atoms with E-state index in [1.807, 2.05) is 36.5 Å². The lowest BCUT2D eigenvalue weighted by Gasteiger charge is -2.16. The third-order valence-corrected chi connectivity index (χ3v) is 4.73. The molecule has 2 aromatic carbocycles. The third-order valence-electron chi connectivity index (χ3n) is 4.73. The molecule has 0 saturated carbocycles. The van der Waals surface area contributed by atoms with Crippen LogP contribution >= 0.6 is 0 Å². The monoisotopic (exact) mass is 363 g/mol. The number of pyridine rings is 1. The molecular formula is C21H21N3O3. The summed E-state index contributed by atoms with van der Waals surface area (Å²) in [7, 11) is 4.82. The van der Waals surface area contributed by atoms with Crippen molar-refractivity contribution >= 4 is 21.8 Å². The summed E-state index contributed by atoms with van der Waals surface area (Å²) in [6, 6.07) is 14.2. The van der Waals surface area contributed by atoms with Gasteiger partial charge in [0.05, 0.1) is 49.9 Å². The van der Waals surface area contributed by atoms with E-state index in [1.54, 1.807) is 21.3 Å². The lowest BCUT2D eigenvalue weighted by molar-refractivity contribution is 0.324. The molecule has 2 aromatic heterocycles. The van der Waals surface area contributed by atoms with Crippen molar-refractivity contribution in [2.45, 2.75) is 6.54 Å². The Morgan fingerprint density at radius 3 is 2.22 bits per heavy atom. The van der Waals surface area contributed by atoms with E-state index in [0.717, 1.165) is 33.2 Å². The summed E-state index contributed by atoms with van der Waals surface area (Å²) in [5.41, 5.74) is 9.61. The van der Waals surface area contributed by atoms with Crippen LogP contribution in [-0.4, -0.2) is 30.9 Å². The molecule has 4 rings (SSSR count). The number of nitrogens with two attached hydrogens (primary N) is 1. The van der Waals surface area contributed by atoms with Crippen molar-refractivity contribution in [2.75, 3.05) is 21.3 Å². The van der Waals surface area contributed by atoms with E-state index >= 15 is 0 Å². The first-order valence-corrected chi connectivity index (χ1v) is 8.60. The predicted octanol–water partition coefficient (Wildman–Crippen LogP) is 3.66. The van der Waals surface area contributed by atoms with Gasteiger partial charge >= 0.3 is 0 Å². The summed E-state index contributed by atoms with van der Waals surface area (Å²) in [5, 5.41) is 2.24. The number of ether oxygens (including phenoxy) is 3. The fourth-order valence-electron chi connectivity index (χ4n) is 3.50. The van der Waals surface area contributed by atoms with Crippen molar-refractivity contribution in [1.29, 1.82) is 0 Å². The molecule has 0 radical (unpaired) electrons. The standard InChI is InChI=1S/C21H21N3O3/c1-25-19-9-14(10-20(26-2)21(19)27-3)24-17-7-5-4-6-15(17)16-8-13(11-22)23-12-18(16)24/h4-10,12H,11,22H2,1-3H3. The molecule has 0 saturated heterocycles. The van der Waals surface area contributed by atoms with Crippen molar-refractivity contribution in [2.24, 2.45) is 5.73 Å². The Labute approximate surface area is 157 Å². The highest BCUT2D eigenvalue weighted by Crippen LogP contribution is 2.41. The van der Waals surface area contributed by atoms with Gasteiger partial charge in [-0.25, -0.2) is 0 Å². The average molecular weight is 363 g/mol. The second-order valence-electron chi connectivity index (χ2n) is 6.13. The van der Waals surface area contributed by atoms with Gasteiger partial charge in [-0.05, 0) is 12.1 Å². The molecule has 6 nitrogen and oxygen atoms in total. The number of nitrogens with zero attached hydrogens (tertiary/aromatic N) is 2. The molecule has 0 unspecified atom stereocenters. The molecule has 2 N–H and O–H groups in total. The number of hydrogen-bond donors (Lipinski definition) is 1. The molecule has 0 amide bonds. The van der Waals surface area contributed by atoms with Crippen LogP contribution in [-0.2, 0) is 6.54 Å². The number of fused-ring (bicyclic) bond motifs is 3. The van der Waals surface area contributed by atoms with E-state index in [9.17, 15) is 0 Å². The van der Waals surface area contributed by atoms with E-state index in [-0.39, 0.29) is 0 Å². The van der Waals surface area contributed by atoms with Crippen LogP contribution in [0.5, 0.6) is 17.2 Å². The minimum atomic E-state index is 0.402. The van der Waals surface area contributed by atoms with Gasteiger partial charge in [0.25, 0.3) is 0 Å².